The predicted octanol–water partition coefficient (Wildman–Crippen LogP) is 5.44. The third kappa shape index (κ3) is 10.4. The molecule has 3 aromatic carbocycles. The molecule has 0 radical (unpaired) electrons. The number of nitriles is 1. The lowest BCUT2D eigenvalue weighted by Crippen LogP contribution is -2.04. The van der Waals surface area contributed by atoms with Gasteiger partial charge in [0.2, 0.25) is 0 Å². The number of carboxylic acid groups (broad SMARTS) is 1. The highest BCUT2D eigenvalue weighted by atomic mass is 16.5. The minimum Gasteiger partial charge on any atom is -0.507 e. The second-order valence-corrected chi connectivity index (χ2v) is 9.39. The van der Waals surface area contributed by atoms with E-state index >= 15 is 0 Å². The summed E-state index contributed by atoms with van der Waals surface area (Å²) in [6.45, 7) is 10.8. The van der Waals surface area contributed by atoms with Gasteiger partial charge in [0.15, 0.2) is 0 Å². The maximum absolute atomic E-state index is 11.0. The molecule has 0 aliphatic carbocycles. The number of nitrogens with zero attached hydrogens (tertiary/aromatic N) is 1. The molecule has 0 amide bonds. The largest absolute Gasteiger partial charge is 0.507 e. The number of aryl methyl sites for hydroxylation is 6. The van der Waals surface area contributed by atoms with Gasteiger partial charge in [-0.05, 0) is 91.6 Å². The summed E-state index contributed by atoms with van der Waals surface area (Å²) in [4.78, 5) is 21.4. The lowest BCUT2D eigenvalue weighted by molar-refractivity contribution is -0.140. The number of hydrogen-bond donors (Lipinski definition) is 4. The van der Waals surface area contributed by atoms with Crippen LogP contribution in [0.4, 0.5) is 0 Å². The minimum atomic E-state index is -0.857. The number of aromatic hydroxyl groups is 3. The molecule has 0 heterocycles. The molecular weight excluding hydrogens is 498 g/mol. The van der Waals surface area contributed by atoms with Gasteiger partial charge < -0.3 is 25.2 Å². The lowest BCUT2D eigenvalue weighted by atomic mass is 10.0. The van der Waals surface area contributed by atoms with Gasteiger partial charge in [-0.15, -0.1) is 0 Å². The van der Waals surface area contributed by atoms with Crippen LogP contribution in [0.3, 0.4) is 0 Å². The number of esters is 1. The van der Waals surface area contributed by atoms with Crippen LogP contribution in [0.5, 0.6) is 17.2 Å². The van der Waals surface area contributed by atoms with Crippen LogP contribution < -0.4 is 0 Å². The van der Waals surface area contributed by atoms with Gasteiger partial charge in [-0.2, -0.15) is 5.26 Å². The van der Waals surface area contributed by atoms with E-state index in [0.29, 0.717) is 17.9 Å². The molecule has 8 heteroatoms. The average Bonchev–Trinajstić information content (AvgIpc) is 2.84. The Hall–Kier alpha value is -4.51. The summed E-state index contributed by atoms with van der Waals surface area (Å²) in [6, 6.07) is 12.7. The number of carbonyl (C=O) groups excluding carboxylic acids is 1. The predicted molar refractivity (Wildman–Crippen MR) is 149 cm³/mol. The van der Waals surface area contributed by atoms with Crippen molar-refractivity contribution in [3.8, 4) is 23.3 Å². The van der Waals surface area contributed by atoms with Crippen LogP contribution in [0.2, 0.25) is 0 Å². The van der Waals surface area contributed by atoms with E-state index in [4.69, 9.17) is 10.4 Å². The average molecular weight is 536 g/mol. The van der Waals surface area contributed by atoms with Gasteiger partial charge in [0.25, 0.3) is 0 Å². The molecule has 8 nitrogen and oxygen atoms in total. The van der Waals surface area contributed by atoms with Gasteiger partial charge >= 0.3 is 11.9 Å². The molecule has 4 N–H and O–H groups in total. The van der Waals surface area contributed by atoms with Crippen molar-refractivity contribution < 1.29 is 34.8 Å². The molecule has 0 atom stereocenters. The summed E-state index contributed by atoms with van der Waals surface area (Å²) in [5.74, 6) is -0.261. The molecule has 0 saturated heterocycles. The maximum Gasteiger partial charge on any atom is 0.309 e. The summed E-state index contributed by atoms with van der Waals surface area (Å²) >= 11 is 0. The smallest absolute Gasteiger partial charge is 0.309 e. The molecule has 0 bridgehead atoms. The summed E-state index contributed by atoms with van der Waals surface area (Å²) in [7, 11) is 1.36. The normalized spacial score (nSPS) is 9.79. The topological polar surface area (TPSA) is 148 Å². The Kier molecular flexibility index (Phi) is 12.5. The fraction of sp³-hybridized carbons (Fsp3) is 0.323. The first kappa shape index (κ1) is 32.5. The van der Waals surface area contributed by atoms with Crippen LogP contribution in [-0.2, 0) is 33.6 Å². The van der Waals surface area contributed by atoms with E-state index in [1.54, 1.807) is 38.1 Å². The Labute approximate surface area is 229 Å². The summed E-state index contributed by atoms with van der Waals surface area (Å²) < 4.78 is 4.56. The molecule has 208 valence electrons. The van der Waals surface area contributed by atoms with Crippen molar-refractivity contribution in [2.24, 2.45) is 0 Å². The molecule has 0 aliphatic rings. The summed E-state index contributed by atoms with van der Waals surface area (Å²) in [6.07, 6.45) is 0.655. The van der Waals surface area contributed by atoms with Crippen LogP contribution in [0.25, 0.3) is 0 Å². The summed E-state index contributed by atoms with van der Waals surface area (Å²) in [5.41, 5.74) is 7.22. The molecule has 0 saturated carbocycles. The number of hydrogen-bond acceptors (Lipinski definition) is 7. The Morgan fingerprint density at radius 1 is 0.667 bits per heavy atom. The van der Waals surface area contributed by atoms with Crippen molar-refractivity contribution in [1.82, 2.24) is 0 Å². The van der Waals surface area contributed by atoms with Gasteiger partial charge in [-0.1, -0.05) is 36.4 Å². The second-order valence-electron chi connectivity index (χ2n) is 9.39. The zero-order valence-electron chi connectivity index (χ0n) is 23.5. The number of phenolic OH excluding ortho intramolecular Hbond substituents is 3. The van der Waals surface area contributed by atoms with Crippen LogP contribution in [-0.4, -0.2) is 39.5 Å². The second kappa shape index (κ2) is 15.0. The van der Waals surface area contributed by atoms with Gasteiger partial charge in [0.1, 0.15) is 17.2 Å². The highest BCUT2D eigenvalue weighted by Gasteiger charge is 2.08. The number of ether oxygens (including phenoxy) is 1. The van der Waals surface area contributed by atoms with Crippen molar-refractivity contribution in [2.75, 3.05) is 7.11 Å². The molecule has 39 heavy (non-hydrogen) atoms. The molecule has 0 fully saturated rings. The number of carboxylic acids is 1. The third-order valence-electron chi connectivity index (χ3n) is 5.87. The lowest BCUT2D eigenvalue weighted by Gasteiger charge is -2.06. The number of aliphatic carboxylic acids is 1. The van der Waals surface area contributed by atoms with E-state index in [-0.39, 0.29) is 24.6 Å². The highest BCUT2D eigenvalue weighted by Crippen LogP contribution is 2.24. The van der Waals surface area contributed by atoms with E-state index in [9.17, 15) is 24.9 Å². The molecule has 0 aliphatic heterocycles. The van der Waals surface area contributed by atoms with Crippen molar-refractivity contribution in [3.63, 3.8) is 0 Å². The SMILES string of the molecule is COC(=O)Cc1cc(C)c(O)c(C)c1.Cc1cc(CC#N)cc(C)c1O.Cc1cc(CC(=O)O)cc(C)c1O. The fourth-order valence-electron chi connectivity index (χ4n) is 3.95. The maximum atomic E-state index is 11.0. The van der Waals surface area contributed by atoms with Crippen LogP contribution >= 0.6 is 0 Å². The quantitative estimate of drug-likeness (QED) is 0.316. The van der Waals surface area contributed by atoms with Gasteiger partial charge in [-0.25, -0.2) is 0 Å². The van der Waals surface area contributed by atoms with Crippen molar-refractivity contribution in [2.45, 2.75) is 60.8 Å². The third-order valence-corrected chi connectivity index (χ3v) is 5.87. The standard InChI is InChI=1S/C11H14O3.C10H11NO.C10H12O3/c1-7-4-9(6-10(12)14-3)5-8(2)11(7)13;1-7-5-9(3-4-11)6-8(2)10(7)12;1-6-3-8(5-9(11)12)4-7(2)10(6)13/h4-5,13H,6H2,1-3H3;5-6,12H,3H2,1-2H3;3-4,13H,5H2,1-2H3,(H,11,12). The fourth-order valence-corrected chi connectivity index (χ4v) is 3.95. The van der Waals surface area contributed by atoms with E-state index in [2.05, 4.69) is 10.8 Å². The minimum absolute atomic E-state index is 0.00194. The highest BCUT2D eigenvalue weighted by molar-refractivity contribution is 5.72. The first-order valence-corrected chi connectivity index (χ1v) is 12.2. The Morgan fingerprint density at radius 2 is 0.974 bits per heavy atom. The Morgan fingerprint density at radius 3 is 1.26 bits per heavy atom. The van der Waals surface area contributed by atoms with Crippen molar-refractivity contribution in [1.29, 1.82) is 5.26 Å². The van der Waals surface area contributed by atoms with Gasteiger partial charge in [0, 0.05) is 0 Å². The molecule has 3 rings (SSSR count). The van der Waals surface area contributed by atoms with Crippen LogP contribution in [0, 0.1) is 52.9 Å². The van der Waals surface area contributed by atoms with Gasteiger partial charge in [0.05, 0.1) is 32.4 Å². The monoisotopic (exact) mass is 535 g/mol. The van der Waals surface area contributed by atoms with E-state index in [0.717, 1.165) is 50.1 Å². The van der Waals surface area contributed by atoms with Crippen molar-refractivity contribution in [3.05, 3.63) is 86.5 Å². The molecular formula is C31H37NO7. The van der Waals surface area contributed by atoms with Crippen molar-refractivity contribution >= 4 is 11.9 Å². The number of methoxy groups -OCH3 is 1. The first-order chi connectivity index (χ1) is 18.2. The molecule has 0 aromatic heterocycles. The van der Waals surface area contributed by atoms with Gasteiger partial charge in [-0.3, -0.25) is 9.59 Å². The zero-order chi connectivity index (χ0) is 29.9. The molecule has 3 aromatic rings. The Bertz CT molecular complexity index is 1300. The van der Waals surface area contributed by atoms with Crippen LogP contribution in [0.1, 0.15) is 50.1 Å². The molecule has 0 spiro atoms. The number of carbonyl (C=O) groups is 2. The molecule has 0 unspecified atom stereocenters. The van der Waals surface area contributed by atoms with E-state index in [1.807, 2.05) is 39.8 Å². The van der Waals surface area contributed by atoms with E-state index < -0.39 is 5.97 Å². The zero-order valence-corrected chi connectivity index (χ0v) is 23.5. The number of benzene rings is 3. The Balaban J connectivity index is 0.000000293. The van der Waals surface area contributed by atoms with E-state index in [1.165, 1.54) is 7.11 Å². The number of phenols is 3. The van der Waals surface area contributed by atoms with Crippen LogP contribution in [0.15, 0.2) is 36.4 Å². The first-order valence-electron chi connectivity index (χ1n) is 12.2. The number of rotatable bonds is 5. The summed E-state index contributed by atoms with van der Waals surface area (Å²) in [5, 5.41) is 45.4.